The standard InChI is InChI=1S/C12H14ClFO4/c1-3-18-12(16)10(14)11(15)7-4-5-9(17-2)8(13)6-7/h4-6,10-11,15H,3H2,1-2H3. The summed E-state index contributed by atoms with van der Waals surface area (Å²) in [5.41, 5.74) is 0.182. The molecule has 1 rings (SSSR count). The second-order valence-electron chi connectivity index (χ2n) is 3.49. The van der Waals surface area contributed by atoms with Crippen LogP contribution in [0.25, 0.3) is 0 Å². The lowest BCUT2D eigenvalue weighted by molar-refractivity contribution is -0.153. The maximum absolute atomic E-state index is 13.6. The zero-order valence-corrected chi connectivity index (χ0v) is 10.8. The molecule has 0 aliphatic heterocycles. The summed E-state index contributed by atoms with van der Waals surface area (Å²) in [6, 6.07) is 4.26. The summed E-state index contributed by atoms with van der Waals surface area (Å²) in [4.78, 5) is 11.2. The lowest BCUT2D eigenvalue weighted by Crippen LogP contribution is -2.26. The van der Waals surface area contributed by atoms with E-state index in [0.717, 1.165) is 0 Å². The van der Waals surface area contributed by atoms with E-state index in [-0.39, 0.29) is 17.2 Å². The molecule has 0 saturated carbocycles. The minimum atomic E-state index is -2.14. The predicted molar refractivity (Wildman–Crippen MR) is 64.5 cm³/mol. The third-order valence-corrected chi connectivity index (χ3v) is 2.60. The number of halogens is 2. The van der Waals surface area contributed by atoms with E-state index >= 15 is 0 Å². The van der Waals surface area contributed by atoms with Crippen molar-refractivity contribution < 1.29 is 23.8 Å². The number of rotatable bonds is 5. The Kier molecular flexibility index (Phi) is 5.37. The van der Waals surface area contributed by atoms with Crippen molar-refractivity contribution in [1.29, 1.82) is 0 Å². The summed E-state index contributed by atoms with van der Waals surface area (Å²) < 4.78 is 23.0. The maximum atomic E-state index is 13.6. The fourth-order valence-electron chi connectivity index (χ4n) is 1.39. The van der Waals surface area contributed by atoms with Crippen molar-refractivity contribution >= 4 is 17.6 Å². The van der Waals surface area contributed by atoms with E-state index in [1.54, 1.807) is 6.92 Å². The van der Waals surface area contributed by atoms with Gasteiger partial charge in [-0.25, -0.2) is 9.18 Å². The van der Waals surface area contributed by atoms with Crippen molar-refractivity contribution in [3.63, 3.8) is 0 Å². The molecule has 0 spiro atoms. The monoisotopic (exact) mass is 276 g/mol. The zero-order valence-electron chi connectivity index (χ0n) is 10.0. The number of benzene rings is 1. The number of carbonyl (C=O) groups is 1. The van der Waals surface area contributed by atoms with Crippen LogP contribution in [0.15, 0.2) is 18.2 Å². The van der Waals surface area contributed by atoms with E-state index in [9.17, 15) is 14.3 Å². The lowest BCUT2D eigenvalue weighted by Gasteiger charge is -2.15. The van der Waals surface area contributed by atoms with E-state index in [1.165, 1.54) is 25.3 Å². The van der Waals surface area contributed by atoms with Gasteiger partial charge in [0.15, 0.2) is 0 Å². The van der Waals surface area contributed by atoms with Gasteiger partial charge in [0.1, 0.15) is 11.9 Å². The Morgan fingerprint density at radius 2 is 2.22 bits per heavy atom. The van der Waals surface area contributed by atoms with Crippen LogP contribution in [0.1, 0.15) is 18.6 Å². The van der Waals surface area contributed by atoms with Gasteiger partial charge in [0.05, 0.1) is 18.7 Å². The molecular formula is C12H14ClFO4. The first kappa shape index (κ1) is 14.7. The van der Waals surface area contributed by atoms with Gasteiger partial charge in [-0.05, 0) is 24.6 Å². The molecule has 1 N–H and O–H groups in total. The van der Waals surface area contributed by atoms with Gasteiger partial charge >= 0.3 is 5.97 Å². The molecule has 0 amide bonds. The molecule has 0 aliphatic rings. The first-order chi connectivity index (χ1) is 8.51. The molecule has 1 aromatic rings. The van der Waals surface area contributed by atoms with Crippen LogP contribution >= 0.6 is 11.6 Å². The number of hydrogen-bond donors (Lipinski definition) is 1. The maximum Gasteiger partial charge on any atom is 0.343 e. The van der Waals surface area contributed by atoms with Crippen LogP contribution < -0.4 is 4.74 Å². The van der Waals surface area contributed by atoms with Crippen LogP contribution in [0, 0.1) is 0 Å². The number of hydrogen-bond acceptors (Lipinski definition) is 4. The molecule has 2 unspecified atom stereocenters. The topological polar surface area (TPSA) is 55.8 Å². The normalized spacial score (nSPS) is 13.8. The van der Waals surface area contributed by atoms with Crippen LogP contribution in [0.5, 0.6) is 5.75 Å². The lowest BCUT2D eigenvalue weighted by atomic mass is 10.1. The highest BCUT2D eigenvalue weighted by atomic mass is 35.5. The molecule has 6 heteroatoms. The molecule has 0 radical (unpaired) electrons. The van der Waals surface area contributed by atoms with E-state index in [2.05, 4.69) is 4.74 Å². The second kappa shape index (κ2) is 6.56. The Morgan fingerprint density at radius 3 is 2.72 bits per heavy atom. The van der Waals surface area contributed by atoms with Crippen molar-refractivity contribution in [3.05, 3.63) is 28.8 Å². The molecule has 0 aliphatic carbocycles. The van der Waals surface area contributed by atoms with Crippen molar-refractivity contribution in [3.8, 4) is 5.75 Å². The number of carbonyl (C=O) groups excluding carboxylic acids is 1. The van der Waals surface area contributed by atoms with E-state index in [0.29, 0.717) is 5.75 Å². The third-order valence-electron chi connectivity index (χ3n) is 2.31. The average Bonchev–Trinajstić information content (AvgIpc) is 2.37. The number of methoxy groups -OCH3 is 1. The van der Waals surface area contributed by atoms with Crippen LogP contribution in [0.3, 0.4) is 0 Å². The van der Waals surface area contributed by atoms with Crippen LogP contribution in [0.4, 0.5) is 4.39 Å². The Bertz CT molecular complexity index is 425. The Morgan fingerprint density at radius 1 is 1.56 bits per heavy atom. The highest BCUT2D eigenvalue weighted by molar-refractivity contribution is 6.32. The molecule has 0 fully saturated rings. The molecule has 4 nitrogen and oxygen atoms in total. The fourth-order valence-corrected chi connectivity index (χ4v) is 1.65. The van der Waals surface area contributed by atoms with E-state index in [4.69, 9.17) is 16.3 Å². The van der Waals surface area contributed by atoms with Gasteiger partial charge in [-0.15, -0.1) is 0 Å². The second-order valence-corrected chi connectivity index (χ2v) is 3.90. The summed E-state index contributed by atoms with van der Waals surface area (Å²) in [6.07, 6.45) is -3.76. The molecule has 100 valence electrons. The smallest absolute Gasteiger partial charge is 0.343 e. The largest absolute Gasteiger partial charge is 0.495 e. The van der Waals surface area contributed by atoms with Gasteiger partial charge in [-0.1, -0.05) is 17.7 Å². The molecule has 0 heterocycles. The fraction of sp³-hybridized carbons (Fsp3) is 0.417. The zero-order chi connectivity index (χ0) is 13.7. The molecule has 2 atom stereocenters. The van der Waals surface area contributed by atoms with E-state index in [1.807, 2.05) is 0 Å². The molecule has 0 saturated heterocycles. The predicted octanol–water partition coefficient (Wildman–Crippen LogP) is 2.28. The van der Waals surface area contributed by atoms with Gasteiger partial charge in [-0.3, -0.25) is 0 Å². The highest BCUT2D eigenvalue weighted by Gasteiger charge is 2.29. The summed E-state index contributed by atoms with van der Waals surface area (Å²) in [6.45, 7) is 1.61. The molecule has 18 heavy (non-hydrogen) atoms. The first-order valence-electron chi connectivity index (χ1n) is 5.33. The number of esters is 1. The highest BCUT2D eigenvalue weighted by Crippen LogP contribution is 2.29. The Labute approximate surface area is 109 Å². The average molecular weight is 277 g/mol. The molecule has 1 aromatic carbocycles. The number of alkyl halides is 1. The van der Waals surface area contributed by atoms with E-state index < -0.39 is 18.2 Å². The van der Waals surface area contributed by atoms with Gasteiger partial charge in [0, 0.05) is 0 Å². The van der Waals surface area contributed by atoms with Crippen LogP contribution in [0.2, 0.25) is 5.02 Å². The minimum Gasteiger partial charge on any atom is -0.495 e. The summed E-state index contributed by atoms with van der Waals surface area (Å²) in [5.74, 6) is -0.698. The molecule has 0 aromatic heterocycles. The molecular weight excluding hydrogens is 263 g/mol. The van der Waals surface area contributed by atoms with Crippen LogP contribution in [-0.4, -0.2) is 31.0 Å². The summed E-state index contributed by atoms with van der Waals surface area (Å²) in [5, 5.41) is 9.93. The Balaban J connectivity index is 2.86. The number of aliphatic hydroxyl groups is 1. The van der Waals surface area contributed by atoms with Crippen molar-refractivity contribution in [2.75, 3.05) is 13.7 Å². The summed E-state index contributed by atoms with van der Waals surface area (Å²) >= 11 is 5.84. The van der Waals surface area contributed by atoms with Crippen LogP contribution in [-0.2, 0) is 9.53 Å². The Hall–Kier alpha value is -1.33. The third kappa shape index (κ3) is 3.34. The summed E-state index contributed by atoms with van der Waals surface area (Å²) in [7, 11) is 1.44. The van der Waals surface area contributed by atoms with Gasteiger partial charge in [0.25, 0.3) is 0 Å². The van der Waals surface area contributed by atoms with Gasteiger partial charge in [-0.2, -0.15) is 0 Å². The SMILES string of the molecule is CCOC(=O)C(F)C(O)c1ccc(OC)c(Cl)c1. The number of aliphatic hydroxyl groups excluding tert-OH is 1. The van der Waals surface area contributed by atoms with Crippen molar-refractivity contribution in [2.24, 2.45) is 0 Å². The first-order valence-corrected chi connectivity index (χ1v) is 5.71. The quantitative estimate of drug-likeness (QED) is 0.839. The minimum absolute atomic E-state index is 0.0509. The molecule has 0 bridgehead atoms. The van der Waals surface area contributed by atoms with Gasteiger partial charge in [0.2, 0.25) is 6.17 Å². The van der Waals surface area contributed by atoms with Gasteiger partial charge < -0.3 is 14.6 Å². The number of ether oxygens (including phenoxy) is 2. The van der Waals surface area contributed by atoms with Crippen molar-refractivity contribution in [1.82, 2.24) is 0 Å². The van der Waals surface area contributed by atoms with Crippen molar-refractivity contribution in [2.45, 2.75) is 19.2 Å².